The van der Waals surface area contributed by atoms with E-state index >= 15 is 0 Å². The van der Waals surface area contributed by atoms with Gasteiger partial charge in [0.1, 0.15) is 5.75 Å². The van der Waals surface area contributed by atoms with Gasteiger partial charge in [-0.1, -0.05) is 34.8 Å². The van der Waals surface area contributed by atoms with Crippen LogP contribution in [-0.2, 0) is 14.8 Å². The van der Waals surface area contributed by atoms with Crippen LogP contribution in [0.25, 0.3) is 0 Å². The summed E-state index contributed by atoms with van der Waals surface area (Å²) in [5, 5.41) is 3.14. The molecule has 0 bridgehead atoms. The lowest BCUT2D eigenvalue weighted by Crippen LogP contribution is -2.41. The number of carbonyl (C=O) groups is 1. The molecule has 0 unspecified atom stereocenters. The number of hydrogen-bond donors (Lipinski definition) is 2. The van der Waals surface area contributed by atoms with Crippen molar-refractivity contribution >= 4 is 56.4 Å². The second-order valence-electron chi connectivity index (χ2n) is 5.48. The summed E-state index contributed by atoms with van der Waals surface area (Å²) in [4.78, 5) is 12.3. The van der Waals surface area contributed by atoms with E-state index in [2.05, 4.69) is 10.0 Å². The van der Waals surface area contributed by atoms with Gasteiger partial charge in [-0.3, -0.25) is 4.79 Å². The third-order valence-electron chi connectivity index (χ3n) is 3.44. The minimum absolute atomic E-state index is 0.0122. The number of anilines is 1. The van der Waals surface area contributed by atoms with Crippen molar-refractivity contribution in [3.63, 3.8) is 0 Å². The molecule has 0 aliphatic rings. The second kappa shape index (κ2) is 9.12. The van der Waals surface area contributed by atoms with Crippen LogP contribution in [0, 0.1) is 0 Å². The normalized spacial score (nSPS) is 12.5. The maximum atomic E-state index is 12.4. The summed E-state index contributed by atoms with van der Waals surface area (Å²) < 4.78 is 32.5. The molecule has 2 aromatic carbocycles. The van der Waals surface area contributed by atoms with Crippen LogP contribution in [-0.4, -0.2) is 27.0 Å². The van der Waals surface area contributed by atoms with E-state index in [-0.39, 0.29) is 25.7 Å². The molecule has 0 spiro atoms. The SMILES string of the molecule is CCOc1ccc(S(=O)(=O)N[C@@H](C)C(=O)Nc2cc(Cl)c(Cl)cc2Cl)cc1. The molecule has 2 aromatic rings. The topological polar surface area (TPSA) is 84.5 Å². The lowest BCUT2D eigenvalue weighted by molar-refractivity contribution is -0.117. The summed E-state index contributed by atoms with van der Waals surface area (Å²) in [6.45, 7) is 3.71. The highest BCUT2D eigenvalue weighted by molar-refractivity contribution is 7.89. The largest absolute Gasteiger partial charge is 0.494 e. The zero-order valence-corrected chi connectivity index (χ0v) is 17.5. The standard InChI is InChI=1S/C17H17Cl3N2O4S/c1-3-26-11-4-6-12(7-5-11)27(24,25)22-10(2)17(23)21-16-9-14(19)13(18)8-15(16)20/h4-10,22H,3H2,1-2H3,(H,21,23)/t10-/m0/s1. The Balaban J connectivity index is 2.09. The minimum atomic E-state index is -3.90. The Kier molecular flexibility index (Phi) is 7.36. The van der Waals surface area contributed by atoms with Crippen LogP contribution < -0.4 is 14.8 Å². The zero-order valence-electron chi connectivity index (χ0n) is 14.4. The number of rotatable bonds is 7. The summed E-state index contributed by atoms with van der Waals surface area (Å²) in [5.74, 6) is -0.0544. The number of benzene rings is 2. The van der Waals surface area contributed by atoms with Gasteiger partial charge >= 0.3 is 0 Å². The average molecular weight is 452 g/mol. The predicted molar refractivity (Wildman–Crippen MR) is 107 cm³/mol. The van der Waals surface area contributed by atoms with Crippen molar-refractivity contribution in [2.24, 2.45) is 0 Å². The molecule has 2 rings (SSSR count). The Hall–Kier alpha value is -1.51. The molecule has 2 N–H and O–H groups in total. The van der Waals surface area contributed by atoms with Crippen LogP contribution in [0.3, 0.4) is 0 Å². The number of amides is 1. The molecule has 10 heteroatoms. The average Bonchev–Trinajstić information content (AvgIpc) is 2.60. The molecule has 0 aliphatic carbocycles. The maximum absolute atomic E-state index is 12.4. The number of halogens is 3. The Bertz CT molecular complexity index is 934. The van der Waals surface area contributed by atoms with Crippen molar-refractivity contribution in [2.45, 2.75) is 24.8 Å². The van der Waals surface area contributed by atoms with Crippen LogP contribution >= 0.6 is 34.8 Å². The zero-order chi connectivity index (χ0) is 20.2. The van der Waals surface area contributed by atoms with Crippen molar-refractivity contribution in [3.05, 3.63) is 51.5 Å². The van der Waals surface area contributed by atoms with Gasteiger partial charge < -0.3 is 10.1 Å². The van der Waals surface area contributed by atoms with Crippen molar-refractivity contribution in [1.29, 1.82) is 0 Å². The van der Waals surface area contributed by atoms with Crippen LogP contribution in [0.1, 0.15) is 13.8 Å². The molecule has 0 fully saturated rings. The number of hydrogen-bond acceptors (Lipinski definition) is 4. The molecule has 146 valence electrons. The molecule has 27 heavy (non-hydrogen) atoms. The molecule has 0 aliphatic heterocycles. The fraction of sp³-hybridized carbons (Fsp3) is 0.235. The Labute approximate surface area is 172 Å². The van der Waals surface area contributed by atoms with Crippen LogP contribution in [0.4, 0.5) is 5.69 Å². The fourth-order valence-electron chi connectivity index (χ4n) is 2.10. The Morgan fingerprint density at radius 2 is 1.67 bits per heavy atom. The molecule has 0 radical (unpaired) electrons. The van der Waals surface area contributed by atoms with E-state index in [1.165, 1.54) is 43.3 Å². The van der Waals surface area contributed by atoms with E-state index in [4.69, 9.17) is 39.5 Å². The monoisotopic (exact) mass is 450 g/mol. The summed E-state index contributed by atoms with van der Waals surface area (Å²) in [6, 6.07) is 7.58. The van der Waals surface area contributed by atoms with Crippen molar-refractivity contribution in [2.75, 3.05) is 11.9 Å². The summed E-state index contributed by atoms with van der Waals surface area (Å²) in [5.41, 5.74) is 0.225. The van der Waals surface area contributed by atoms with Gasteiger partial charge in [-0.15, -0.1) is 0 Å². The summed E-state index contributed by atoms with van der Waals surface area (Å²) in [6.07, 6.45) is 0. The molecule has 0 saturated carbocycles. The molecule has 0 saturated heterocycles. The quantitative estimate of drug-likeness (QED) is 0.613. The van der Waals surface area contributed by atoms with Gasteiger partial charge in [-0.2, -0.15) is 4.72 Å². The van der Waals surface area contributed by atoms with Gasteiger partial charge in [0.25, 0.3) is 0 Å². The van der Waals surface area contributed by atoms with Crippen LogP contribution in [0.5, 0.6) is 5.75 Å². The number of ether oxygens (including phenoxy) is 1. The van der Waals surface area contributed by atoms with Gasteiger partial charge in [-0.25, -0.2) is 8.42 Å². The highest BCUT2D eigenvalue weighted by Crippen LogP contribution is 2.32. The Morgan fingerprint density at radius 1 is 1.07 bits per heavy atom. The number of carbonyl (C=O) groups excluding carboxylic acids is 1. The van der Waals surface area contributed by atoms with E-state index in [1.54, 1.807) is 0 Å². The van der Waals surface area contributed by atoms with Gasteiger partial charge in [0.2, 0.25) is 15.9 Å². The molecule has 0 heterocycles. The molecular weight excluding hydrogens is 435 g/mol. The first-order valence-electron chi connectivity index (χ1n) is 7.84. The van der Waals surface area contributed by atoms with Gasteiger partial charge in [-0.05, 0) is 50.2 Å². The highest BCUT2D eigenvalue weighted by Gasteiger charge is 2.23. The molecule has 6 nitrogen and oxygen atoms in total. The lowest BCUT2D eigenvalue weighted by Gasteiger charge is -2.16. The molecule has 0 aromatic heterocycles. The summed E-state index contributed by atoms with van der Waals surface area (Å²) in [7, 11) is -3.90. The minimum Gasteiger partial charge on any atom is -0.494 e. The smallest absolute Gasteiger partial charge is 0.242 e. The van der Waals surface area contributed by atoms with E-state index < -0.39 is 22.0 Å². The van der Waals surface area contributed by atoms with Gasteiger partial charge in [0.05, 0.1) is 38.3 Å². The third-order valence-corrected chi connectivity index (χ3v) is 6.03. The first-order valence-corrected chi connectivity index (χ1v) is 10.5. The van der Waals surface area contributed by atoms with Crippen LogP contribution in [0.2, 0.25) is 15.1 Å². The van der Waals surface area contributed by atoms with Gasteiger partial charge in [0, 0.05) is 0 Å². The first kappa shape index (κ1) is 21.8. The van der Waals surface area contributed by atoms with Crippen molar-refractivity contribution in [3.8, 4) is 5.75 Å². The number of sulfonamides is 1. The molecule has 1 atom stereocenters. The Morgan fingerprint density at radius 3 is 2.26 bits per heavy atom. The van der Waals surface area contributed by atoms with E-state index in [9.17, 15) is 13.2 Å². The molecular formula is C17H17Cl3N2O4S. The van der Waals surface area contributed by atoms with Gasteiger partial charge in [0.15, 0.2) is 0 Å². The molecule has 1 amide bonds. The first-order chi connectivity index (χ1) is 12.6. The van der Waals surface area contributed by atoms with E-state index in [0.717, 1.165) is 0 Å². The second-order valence-corrected chi connectivity index (χ2v) is 8.42. The van der Waals surface area contributed by atoms with E-state index in [0.29, 0.717) is 12.4 Å². The van der Waals surface area contributed by atoms with Crippen molar-refractivity contribution in [1.82, 2.24) is 4.72 Å². The predicted octanol–water partition coefficient (Wildman–Crippen LogP) is 4.35. The maximum Gasteiger partial charge on any atom is 0.242 e. The lowest BCUT2D eigenvalue weighted by atomic mass is 10.3. The number of nitrogens with one attached hydrogen (secondary N) is 2. The van der Waals surface area contributed by atoms with Crippen LogP contribution in [0.15, 0.2) is 41.3 Å². The van der Waals surface area contributed by atoms with Crippen molar-refractivity contribution < 1.29 is 17.9 Å². The summed E-state index contributed by atoms with van der Waals surface area (Å²) >= 11 is 17.8. The van der Waals surface area contributed by atoms with E-state index in [1.807, 2.05) is 6.92 Å². The highest BCUT2D eigenvalue weighted by atomic mass is 35.5. The fourth-order valence-corrected chi connectivity index (χ4v) is 3.89. The third kappa shape index (κ3) is 5.73.